The van der Waals surface area contributed by atoms with Gasteiger partial charge in [-0.3, -0.25) is 0 Å². The van der Waals surface area contributed by atoms with Gasteiger partial charge in [-0.2, -0.15) is 0 Å². The number of likely N-dealkylation sites (N-methyl/N-ethyl adjacent to an activating group) is 1. The molecule has 0 fully saturated rings. The third-order valence-electron chi connectivity index (χ3n) is 4.61. The molecule has 21 heavy (non-hydrogen) atoms. The van der Waals surface area contributed by atoms with Crippen molar-refractivity contribution in [3.05, 3.63) is 24.3 Å². The van der Waals surface area contributed by atoms with Gasteiger partial charge in [0.05, 0.1) is 26.2 Å². The molecule has 1 nitrogen and oxygen atoms in total. The zero-order chi connectivity index (χ0) is 15.8. The summed E-state index contributed by atoms with van der Waals surface area (Å²) in [5, 5.41) is 0. The summed E-state index contributed by atoms with van der Waals surface area (Å²) >= 11 is 0. The number of hydrogen-bond donors (Lipinski definition) is 0. The van der Waals surface area contributed by atoms with Crippen molar-refractivity contribution < 1.29 is 4.48 Å². The Kier molecular flexibility index (Phi) is 14.0. The Morgan fingerprint density at radius 2 is 1.00 bits per heavy atom. The lowest BCUT2D eigenvalue weighted by Gasteiger charge is -2.35. The first kappa shape index (κ1) is 20.4. The van der Waals surface area contributed by atoms with Gasteiger partial charge in [-0.25, -0.2) is 0 Å². The molecule has 0 saturated heterocycles. The molecule has 0 aromatic rings. The minimum atomic E-state index is 1.19. The van der Waals surface area contributed by atoms with Gasteiger partial charge in [0.15, 0.2) is 0 Å². The van der Waals surface area contributed by atoms with Gasteiger partial charge in [0.2, 0.25) is 0 Å². The van der Waals surface area contributed by atoms with Crippen LogP contribution in [-0.2, 0) is 0 Å². The van der Waals surface area contributed by atoms with Crippen molar-refractivity contribution in [3.8, 4) is 0 Å². The average molecular weight is 295 g/mol. The second-order valence-corrected chi connectivity index (χ2v) is 6.27. The van der Waals surface area contributed by atoms with E-state index >= 15 is 0 Å². The molecule has 0 unspecified atom stereocenters. The van der Waals surface area contributed by atoms with Crippen LogP contribution in [0.5, 0.6) is 0 Å². The van der Waals surface area contributed by atoms with Crippen LogP contribution in [0.1, 0.15) is 79.1 Å². The fourth-order valence-electron chi connectivity index (χ4n) is 2.67. The van der Waals surface area contributed by atoms with E-state index in [1.54, 1.807) is 0 Å². The Morgan fingerprint density at radius 3 is 1.33 bits per heavy atom. The highest BCUT2D eigenvalue weighted by Crippen LogP contribution is 2.09. The van der Waals surface area contributed by atoms with Crippen molar-refractivity contribution in [1.82, 2.24) is 0 Å². The van der Waals surface area contributed by atoms with E-state index < -0.39 is 0 Å². The topological polar surface area (TPSA) is 0 Å². The van der Waals surface area contributed by atoms with Crippen molar-refractivity contribution in [2.75, 3.05) is 26.2 Å². The van der Waals surface area contributed by atoms with Crippen LogP contribution in [0.3, 0.4) is 0 Å². The summed E-state index contributed by atoms with van der Waals surface area (Å²) < 4.78 is 1.20. The molecule has 0 aliphatic carbocycles. The van der Waals surface area contributed by atoms with E-state index in [0.717, 1.165) is 0 Å². The van der Waals surface area contributed by atoms with E-state index in [1.165, 1.54) is 82.0 Å². The van der Waals surface area contributed by atoms with Crippen LogP contribution in [0, 0.1) is 0 Å². The highest BCUT2D eigenvalue weighted by molar-refractivity contribution is 4.85. The smallest absolute Gasteiger partial charge is 0.0976 e. The summed E-state index contributed by atoms with van der Waals surface area (Å²) in [7, 11) is 0. The molecule has 0 N–H and O–H groups in total. The molecular formula is C20H40N+. The van der Waals surface area contributed by atoms with E-state index in [4.69, 9.17) is 0 Å². The van der Waals surface area contributed by atoms with E-state index in [9.17, 15) is 0 Å². The monoisotopic (exact) mass is 294 g/mol. The summed E-state index contributed by atoms with van der Waals surface area (Å²) in [5.41, 5.74) is 0. The molecule has 0 aliphatic rings. The van der Waals surface area contributed by atoms with Gasteiger partial charge in [0, 0.05) is 0 Å². The second-order valence-electron chi connectivity index (χ2n) is 6.27. The van der Waals surface area contributed by atoms with Gasteiger partial charge in [0.25, 0.3) is 0 Å². The Balaban J connectivity index is 4.10. The van der Waals surface area contributed by atoms with Crippen molar-refractivity contribution in [2.24, 2.45) is 0 Å². The van der Waals surface area contributed by atoms with Gasteiger partial charge in [-0.1, -0.05) is 51.7 Å². The van der Waals surface area contributed by atoms with Gasteiger partial charge in [-0.15, -0.1) is 0 Å². The fraction of sp³-hybridized carbons (Fsp3) is 0.800. The van der Waals surface area contributed by atoms with Crippen molar-refractivity contribution in [3.63, 3.8) is 0 Å². The Hall–Kier alpha value is -0.560. The molecule has 0 bridgehead atoms. The molecular weight excluding hydrogens is 254 g/mol. The molecule has 124 valence electrons. The van der Waals surface area contributed by atoms with Gasteiger partial charge in [-0.05, 0) is 51.7 Å². The predicted molar refractivity (Wildman–Crippen MR) is 97.6 cm³/mol. The summed E-state index contributed by atoms with van der Waals surface area (Å²) in [6.45, 7) is 14.1. The summed E-state index contributed by atoms with van der Waals surface area (Å²) in [6, 6.07) is 0. The third-order valence-corrected chi connectivity index (χ3v) is 4.61. The molecule has 0 atom stereocenters. The summed E-state index contributed by atoms with van der Waals surface area (Å²) in [6.07, 6.45) is 20.2. The van der Waals surface area contributed by atoms with E-state index in [0.29, 0.717) is 0 Å². The molecule has 0 heterocycles. The largest absolute Gasteiger partial charge is 0.318 e. The standard InChI is InChI=1S/C20H40N/c1-5-9-11-13-15-17-19-21(7-3,8-4)20-18-16-14-12-10-6-2/h15-18H,5-14,19-20H2,1-4H3/q+1/b17-15+,18-16+. The van der Waals surface area contributed by atoms with Crippen molar-refractivity contribution in [1.29, 1.82) is 0 Å². The molecule has 0 radical (unpaired) electrons. The second kappa shape index (κ2) is 14.4. The van der Waals surface area contributed by atoms with Crippen LogP contribution in [0.4, 0.5) is 0 Å². The van der Waals surface area contributed by atoms with Crippen molar-refractivity contribution >= 4 is 0 Å². The number of rotatable bonds is 14. The first-order valence-electron chi connectivity index (χ1n) is 9.39. The van der Waals surface area contributed by atoms with Gasteiger partial charge in [0.1, 0.15) is 0 Å². The number of unbranched alkanes of at least 4 members (excludes halogenated alkanes) is 6. The van der Waals surface area contributed by atoms with E-state index in [-0.39, 0.29) is 0 Å². The Morgan fingerprint density at radius 1 is 0.571 bits per heavy atom. The molecule has 1 heteroatoms. The minimum Gasteiger partial charge on any atom is -0.318 e. The van der Waals surface area contributed by atoms with Gasteiger partial charge >= 0.3 is 0 Å². The maximum absolute atomic E-state index is 2.42. The van der Waals surface area contributed by atoms with E-state index in [1.807, 2.05) is 0 Å². The van der Waals surface area contributed by atoms with Crippen LogP contribution < -0.4 is 0 Å². The summed E-state index contributed by atoms with van der Waals surface area (Å²) in [4.78, 5) is 0. The number of nitrogens with zero attached hydrogens (tertiary/aromatic N) is 1. The SMILES string of the molecule is CCCCC/C=C/C[N+](CC)(CC)C/C=C/CCCCC. The van der Waals surface area contributed by atoms with Crippen LogP contribution >= 0.6 is 0 Å². The van der Waals surface area contributed by atoms with Gasteiger partial charge < -0.3 is 4.48 Å². The number of allylic oxidation sites excluding steroid dienone is 2. The van der Waals surface area contributed by atoms with E-state index in [2.05, 4.69) is 52.0 Å². The lowest BCUT2D eigenvalue weighted by atomic mass is 10.2. The first-order valence-corrected chi connectivity index (χ1v) is 9.39. The Labute approximate surface area is 134 Å². The maximum atomic E-state index is 2.42. The zero-order valence-corrected chi connectivity index (χ0v) is 15.2. The van der Waals surface area contributed by atoms with Crippen LogP contribution in [0.25, 0.3) is 0 Å². The third kappa shape index (κ3) is 10.8. The quantitative estimate of drug-likeness (QED) is 0.206. The minimum absolute atomic E-state index is 1.19. The van der Waals surface area contributed by atoms with Crippen molar-refractivity contribution in [2.45, 2.75) is 79.1 Å². The molecule has 0 aromatic carbocycles. The van der Waals surface area contributed by atoms with Crippen LogP contribution in [0.15, 0.2) is 24.3 Å². The Bertz CT molecular complexity index is 237. The zero-order valence-electron chi connectivity index (χ0n) is 15.2. The predicted octanol–water partition coefficient (Wildman–Crippen LogP) is 6.12. The summed E-state index contributed by atoms with van der Waals surface area (Å²) in [5.74, 6) is 0. The molecule has 0 aromatic heterocycles. The molecule has 0 rings (SSSR count). The van der Waals surface area contributed by atoms with Crippen LogP contribution in [0.2, 0.25) is 0 Å². The normalized spacial score (nSPS) is 12.8. The molecule has 0 saturated carbocycles. The van der Waals surface area contributed by atoms with Crippen LogP contribution in [-0.4, -0.2) is 30.7 Å². The number of hydrogen-bond acceptors (Lipinski definition) is 0. The highest BCUT2D eigenvalue weighted by Gasteiger charge is 2.19. The number of quaternary nitrogens is 1. The maximum Gasteiger partial charge on any atom is 0.0976 e. The molecule has 0 amide bonds. The first-order chi connectivity index (χ1) is 10.2. The lowest BCUT2D eigenvalue weighted by Crippen LogP contribution is -2.47. The fourth-order valence-corrected chi connectivity index (χ4v) is 2.67. The highest BCUT2D eigenvalue weighted by atomic mass is 15.3. The average Bonchev–Trinajstić information content (AvgIpc) is 2.52. The molecule has 0 spiro atoms. The lowest BCUT2D eigenvalue weighted by molar-refractivity contribution is -0.914. The molecule has 0 aliphatic heterocycles.